The standard InChI is InChI=1S/C11H17ClO2/c1-3-5-6-7-9-10(8-4-2)14-11(12)13/h2,10H,3,5-9H2,1H3. The average Bonchev–Trinajstić information content (AvgIpc) is 2.12. The maximum Gasteiger partial charge on any atom is 0.404 e. The van der Waals surface area contributed by atoms with Crippen LogP contribution in [-0.2, 0) is 4.74 Å². The number of carbonyl (C=O) groups is 1. The number of hydrogen-bond acceptors (Lipinski definition) is 2. The molecule has 0 aromatic carbocycles. The first-order valence-electron chi connectivity index (χ1n) is 5.00. The number of carbonyl (C=O) groups excluding carboxylic acids is 1. The lowest BCUT2D eigenvalue weighted by Gasteiger charge is -2.12. The molecule has 0 heterocycles. The summed E-state index contributed by atoms with van der Waals surface area (Å²) in [6.07, 6.45) is 10.8. The van der Waals surface area contributed by atoms with Crippen LogP contribution in [0.15, 0.2) is 0 Å². The molecule has 0 aromatic rings. The lowest BCUT2D eigenvalue weighted by Crippen LogP contribution is -2.13. The monoisotopic (exact) mass is 216 g/mol. The molecule has 0 rings (SSSR count). The summed E-state index contributed by atoms with van der Waals surface area (Å²) < 4.78 is 4.85. The Hall–Kier alpha value is -0.680. The van der Waals surface area contributed by atoms with Gasteiger partial charge in [0.25, 0.3) is 0 Å². The molecule has 1 atom stereocenters. The smallest absolute Gasteiger partial charge is 0.404 e. The van der Waals surface area contributed by atoms with Crippen LogP contribution in [0, 0.1) is 12.3 Å². The van der Waals surface area contributed by atoms with Crippen molar-refractivity contribution in [3.05, 3.63) is 0 Å². The molecule has 0 aliphatic heterocycles. The van der Waals surface area contributed by atoms with E-state index in [1.165, 1.54) is 12.8 Å². The fourth-order valence-corrected chi connectivity index (χ4v) is 1.39. The average molecular weight is 217 g/mol. The van der Waals surface area contributed by atoms with Crippen LogP contribution < -0.4 is 0 Å². The molecule has 0 saturated carbocycles. The molecule has 0 radical (unpaired) electrons. The van der Waals surface area contributed by atoms with Crippen molar-refractivity contribution < 1.29 is 9.53 Å². The van der Waals surface area contributed by atoms with Gasteiger partial charge in [-0.05, 0) is 12.8 Å². The van der Waals surface area contributed by atoms with Gasteiger partial charge in [0.15, 0.2) is 0 Å². The number of hydrogen-bond donors (Lipinski definition) is 0. The van der Waals surface area contributed by atoms with Crippen LogP contribution in [0.5, 0.6) is 0 Å². The van der Waals surface area contributed by atoms with Crippen molar-refractivity contribution in [1.82, 2.24) is 0 Å². The van der Waals surface area contributed by atoms with E-state index in [9.17, 15) is 4.79 Å². The second-order valence-corrected chi connectivity index (χ2v) is 3.54. The largest absolute Gasteiger partial charge is 0.449 e. The molecular weight excluding hydrogens is 200 g/mol. The van der Waals surface area contributed by atoms with Gasteiger partial charge in [-0.2, -0.15) is 0 Å². The third kappa shape index (κ3) is 7.94. The predicted molar refractivity (Wildman–Crippen MR) is 58.3 cm³/mol. The first kappa shape index (κ1) is 13.3. The molecule has 0 fully saturated rings. The van der Waals surface area contributed by atoms with Gasteiger partial charge in [-0.15, -0.1) is 12.3 Å². The van der Waals surface area contributed by atoms with Crippen LogP contribution in [-0.4, -0.2) is 11.5 Å². The molecule has 0 aliphatic rings. The van der Waals surface area contributed by atoms with E-state index in [2.05, 4.69) is 12.8 Å². The zero-order valence-corrected chi connectivity index (χ0v) is 9.35. The third-order valence-corrected chi connectivity index (χ3v) is 2.07. The maximum absolute atomic E-state index is 10.5. The minimum absolute atomic E-state index is 0.207. The van der Waals surface area contributed by atoms with Crippen LogP contribution in [0.1, 0.15) is 45.4 Å². The van der Waals surface area contributed by atoms with E-state index >= 15 is 0 Å². The zero-order chi connectivity index (χ0) is 10.8. The van der Waals surface area contributed by atoms with E-state index in [-0.39, 0.29) is 6.10 Å². The van der Waals surface area contributed by atoms with Crippen molar-refractivity contribution >= 4 is 17.0 Å². The quantitative estimate of drug-likeness (QED) is 0.368. The summed E-state index contributed by atoms with van der Waals surface area (Å²) in [6.45, 7) is 2.15. The van der Waals surface area contributed by atoms with Gasteiger partial charge in [0.05, 0.1) is 0 Å². The zero-order valence-electron chi connectivity index (χ0n) is 8.59. The van der Waals surface area contributed by atoms with Crippen molar-refractivity contribution in [2.75, 3.05) is 0 Å². The minimum atomic E-state index is -0.763. The van der Waals surface area contributed by atoms with Crippen molar-refractivity contribution in [3.63, 3.8) is 0 Å². The van der Waals surface area contributed by atoms with E-state index in [4.69, 9.17) is 22.8 Å². The molecular formula is C11H17ClO2. The van der Waals surface area contributed by atoms with E-state index in [1.54, 1.807) is 0 Å². The predicted octanol–water partition coefficient (Wildman–Crippen LogP) is 3.72. The van der Waals surface area contributed by atoms with Crippen LogP contribution in [0.3, 0.4) is 0 Å². The van der Waals surface area contributed by atoms with Crippen molar-refractivity contribution in [2.45, 2.75) is 51.6 Å². The summed E-state index contributed by atoms with van der Waals surface area (Å²) in [4.78, 5) is 10.5. The normalized spacial score (nSPS) is 11.8. The first-order valence-corrected chi connectivity index (χ1v) is 5.38. The molecule has 0 aromatic heterocycles. The highest BCUT2D eigenvalue weighted by atomic mass is 35.5. The number of ether oxygens (including phenoxy) is 1. The topological polar surface area (TPSA) is 26.3 Å². The lowest BCUT2D eigenvalue weighted by molar-refractivity contribution is 0.116. The lowest BCUT2D eigenvalue weighted by atomic mass is 10.1. The Morgan fingerprint density at radius 1 is 1.50 bits per heavy atom. The van der Waals surface area contributed by atoms with Crippen LogP contribution in [0.4, 0.5) is 4.79 Å². The van der Waals surface area contributed by atoms with Crippen molar-refractivity contribution in [1.29, 1.82) is 0 Å². The maximum atomic E-state index is 10.5. The highest BCUT2D eigenvalue weighted by molar-refractivity contribution is 6.61. The number of terminal acetylenes is 1. The van der Waals surface area contributed by atoms with E-state index < -0.39 is 5.43 Å². The van der Waals surface area contributed by atoms with Gasteiger partial charge >= 0.3 is 5.43 Å². The van der Waals surface area contributed by atoms with E-state index in [0.717, 1.165) is 19.3 Å². The summed E-state index contributed by atoms with van der Waals surface area (Å²) in [5.41, 5.74) is -0.763. The Morgan fingerprint density at radius 2 is 2.21 bits per heavy atom. The Labute approximate surface area is 91.0 Å². The van der Waals surface area contributed by atoms with E-state index in [0.29, 0.717) is 6.42 Å². The summed E-state index contributed by atoms with van der Waals surface area (Å²) >= 11 is 5.12. The van der Waals surface area contributed by atoms with Gasteiger partial charge in [0, 0.05) is 18.0 Å². The second kappa shape index (κ2) is 8.90. The molecule has 0 spiro atoms. The van der Waals surface area contributed by atoms with Gasteiger partial charge in [0.2, 0.25) is 0 Å². The number of halogens is 1. The minimum Gasteiger partial charge on any atom is -0.449 e. The SMILES string of the molecule is C#CCC(CCCCCC)OC(=O)Cl. The highest BCUT2D eigenvalue weighted by Crippen LogP contribution is 2.12. The fourth-order valence-electron chi connectivity index (χ4n) is 1.26. The Kier molecular flexibility index (Phi) is 8.47. The molecule has 3 heteroatoms. The van der Waals surface area contributed by atoms with Gasteiger partial charge in [-0.1, -0.05) is 26.2 Å². The van der Waals surface area contributed by atoms with E-state index in [1.807, 2.05) is 0 Å². The summed E-state index contributed by atoms with van der Waals surface area (Å²) in [5.74, 6) is 2.48. The van der Waals surface area contributed by atoms with Crippen LogP contribution in [0.25, 0.3) is 0 Å². The molecule has 1 unspecified atom stereocenters. The molecule has 0 aliphatic carbocycles. The first-order chi connectivity index (χ1) is 6.70. The highest BCUT2D eigenvalue weighted by Gasteiger charge is 2.10. The summed E-state index contributed by atoms with van der Waals surface area (Å²) in [7, 11) is 0. The fraction of sp³-hybridized carbons (Fsp3) is 0.727. The third-order valence-electron chi connectivity index (χ3n) is 1.98. The molecule has 0 N–H and O–H groups in total. The molecule has 0 amide bonds. The van der Waals surface area contributed by atoms with Gasteiger partial charge < -0.3 is 4.74 Å². The molecule has 80 valence electrons. The van der Waals surface area contributed by atoms with Crippen LogP contribution >= 0.6 is 11.6 Å². The molecule has 2 nitrogen and oxygen atoms in total. The number of unbranched alkanes of at least 4 members (excludes halogenated alkanes) is 3. The van der Waals surface area contributed by atoms with Crippen molar-refractivity contribution in [3.8, 4) is 12.3 Å². The van der Waals surface area contributed by atoms with Gasteiger partial charge in [0.1, 0.15) is 6.10 Å². The summed E-state index contributed by atoms with van der Waals surface area (Å²) in [5, 5.41) is 0. The Bertz CT molecular complexity index is 196. The van der Waals surface area contributed by atoms with Crippen LogP contribution in [0.2, 0.25) is 0 Å². The molecule has 0 saturated heterocycles. The Balaban J connectivity index is 3.63. The summed E-state index contributed by atoms with van der Waals surface area (Å²) in [6, 6.07) is 0. The molecule has 14 heavy (non-hydrogen) atoms. The Morgan fingerprint density at radius 3 is 2.71 bits per heavy atom. The van der Waals surface area contributed by atoms with Gasteiger partial charge in [-0.3, -0.25) is 0 Å². The number of rotatable bonds is 7. The van der Waals surface area contributed by atoms with Gasteiger partial charge in [-0.25, -0.2) is 4.79 Å². The molecule has 0 bridgehead atoms. The van der Waals surface area contributed by atoms with Crippen molar-refractivity contribution in [2.24, 2.45) is 0 Å². The second-order valence-electron chi connectivity index (χ2n) is 3.24.